The van der Waals surface area contributed by atoms with Crippen molar-refractivity contribution in [2.75, 3.05) is 0 Å². The molecular formula is C27H30N4O2. The van der Waals surface area contributed by atoms with Gasteiger partial charge in [-0.1, -0.05) is 48.5 Å². The van der Waals surface area contributed by atoms with E-state index in [1.54, 1.807) is 16.9 Å². The molecule has 2 aromatic carbocycles. The second-order valence-electron chi connectivity index (χ2n) is 9.13. The Kier molecular flexibility index (Phi) is 5.99. The van der Waals surface area contributed by atoms with Crippen molar-refractivity contribution >= 4 is 11.8 Å². The highest BCUT2D eigenvalue weighted by Gasteiger charge is 2.26. The fraction of sp³-hybridized carbons (Fsp3) is 0.370. The van der Waals surface area contributed by atoms with E-state index in [0.717, 1.165) is 38.5 Å². The van der Waals surface area contributed by atoms with Crippen LogP contribution < -0.4 is 10.6 Å². The van der Waals surface area contributed by atoms with E-state index in [4.69, 9.17) is 0 Å². The first-order valence-electron chi connectivity index (χ1n) is 11.9. The van der Waals surface area contributed by atoms with Crippen molar-refractivity contribution in [3.05, 3.63) is 88.7 Å². The average Bonchev–Trinajstić information content (AvgIpc) is 3.34. The molecule has 6 heteroatoms. The molecule has 33 heavy (non-hydrogen) atoms. The van der Waals surface area contributed by atoms with Crippen LogP contribution in [0.5, 0.6) is 0 Å². The Morgan fingerprint density at radius 2 is 1.45 bits per heavy atom. The van der Waals surface area contributed by atoms with Gasteiger partial charge in [0.2, 0.25) is 5.91 Å². The molecule has 2 amide bonds. The molecule has 3 aromatic rings. The summed E-state index contributed by atoms with van der Waals surface area (Å²) >= 11 is 0. The van der Waals surface area contributed by atoms with Crippen molar-refractivity contribution in [1.82, 2.24) is 20.4 Å². The molecule has 0 spiro atoms. The molecule has 2 aliphatic rings. The molecule has 170 valence electrons. The summed E-state index contributed by atoms with van der Waals surface area (Å²) in [4.78, 5) is 25.9. The predicted molar refractivity (Wildman–Crippen MR) is 127 cm³/mol. The first kappa shape index (κ1) is 21.4. The third-order valence-corrected chi connectivity index (χ3v) is 6.98. The Hall–Kier alpha value is -3.41. The monoisotopic (exact) mass is 442 g/mol. The zero-order valence-corrected chi connectivity index (χ0v) is 19.0. The smallest absolute Gasteiger partial charge is 0.272 e. The van der Waals surface area contributed by atoms with Gasteiger partial charge in [0.15, 0.2) is 0 Å². The molecule has 3 atom stereocenters. The van der Waals surface area contributed by atoms with E-state index >= 15 is 0 Å². The second kappa shape index (κ2) is 9.22. The Morgan fingerprint density at radius 1 is 0.879 bits per heavy atom. The van der Waals surface area contributed by atoms with Crippen molar-refractivity contribution in [1.29, 1.82) is 0 Å². The largest absolute Gasteiger partial charge is 0.347 e. The van der Waals surface area contributed by atoms with E-state index in [1.807, 2.05) is 31.2 Å². The van der Waals surface area contributed by atoms with Gasteiger partial charge in [0.1, 0.15) is 11.7 Å². The molecule has 6 nitrogen and oxygen atoms in total. The summed E-state index contributed by atoms with van der Waals surface area (Å²) in [7, 11) is 0. The zero-order valence-electron chi connectivity index (χ0n) is 19.0. The van der Waals surface area contributed by atoms with E-state index in [9.17, 15) is 9.59 Å². The van der Waals surface area contributed by atoms with E-state index in [1.165, 1.54) is 22.3 Å². The van der Waals surface area contributed by atoms with Crippen LogP contribution in [0.1, 0.15) is 83.5 Å². The number of benzene rings is 2. The van der Waals surface area contributed by atoms with Gasteiger partial charge < -0.3 is 10.6 Å². The van der Waals surface area contributed by atoms with E-state index in [-0.39, 0.29) is 23.9 Å². The van der Waals surface area contributed by atoms with Crippen LogP contribution in [0.3, 0.4) is 0 Å². The SMILES string of the molecule is CC(C(=O)NC1CCCc2ccccc21)n1ccc(C(=O)NC2CCCc3ccccc32)n1. The van der Waals surface area contributed by atoms with Gasteiger partial charge in [-0.25, -0.2) is 0 Å². The number of rotatable bonds is 5. The van der Waals surface area contributed by atoms with Gasteiger partial charge in [0.25, 0.3) is 5.91 Å². The molecule has 2 N–H and O–H groups in total. The maximum Gasteiger partial charge on any atom is 0.272 e. The fourth-order valence-corrected chi connectivity index (χ4v) is 5.13. The Balaban J connectivity index is 1.24. The highest BCUT2D eigenvalue weighted by molar-refractivity contribution is 5.92. The maximum atomic E-state index is 13.0. The Bertz CT molecular complexity index is 1170. The molecule has 0 aliphatic heterocycles. The minimum Gasteiger partial charge on any atom is -0.347 e. The van der Waals surface area contributed by atoms with Crippen molar-refractivity contribution in [2.45, 2.75) is 63.6 Å². The number of nitrogens with zero attached hydrogens (tertiary/aromatic N) is 2. The highest BCUT2D eigenvalue weighted by atomic mass is 16.2. The molecular weight excluding hydrogens is 412 g/mol. The summed E-state index contributed by atoms with van der Waals surface area (Å²) in [5.74, 6) is -0.294. The number of carbonyl (C=O) groups is 2. The number of hydrogen-bond acceptors (Lipinski definition) is 3. The molecule has 2 aliphatic carbocycles. The predicted octanol–water partition coefficient (Wildman–Crippen LogP) is 4.45. The van der Waals surface area contributed by atoms with Crippen molar-refractivity contribution in [2.24, 2.45) is 0 Å². The van der Waals surface area contributed by atoms with Gasteiger partial charge in [0.05, 0.1) is 12.1 Å². The van der Waals surface area contributed by atoms with Gasteiger partial charge >= 0.3 is 0 Å². The Labute approximate surface area is 194 Å². The normalized spacial score (nSPS) is 20.3. The molecule has 1 heterocycles. The summed E-state index contributed by atoms with van der Waals surface area (Å²) in [6.07, 6.45) is 7.79. The quantitative estimate of drug-likeness (QED) is 0.613. The van der Waals surface area contributed by atoms with Crippen LogP contribution in [0.15, 0.2) is 60.8 Å². The molecule has 0 radical (unpaired) electrons. The lowest BCUT2D eigenvalue weighted by molar-refractivity contribution is -0.125. The first-order chi connectivity index (χ1) is 16.1. The van der Waals surface area contributed by atoms with Gasteiger partial charge in [0, 0.05) is 6.20 Å². The third kappa shape index (κ3) is 4.42. The average molecular weight is 443 g/mol. The number of hydrogen-bond donors (Lipinski definition) is 2. The molecule has 0 bridgehead atoms. The Morgan fingerprint density at radius 3 is 2.09 bits per heavy atom. The maximum absolute atomic E-state index is 13.0. The van der Waals surface area contributed by atoms with Gasteiger partial charge in [-0.15, -0.1) is 0 Å². The lowest BCUT2D eigenvalue weighted by Crippen LogP contribution is -2.36. The minimum absolute atomic E-state index is 0.000285. The van der Waals surface area contributed by atoms with Crippen LogP contribution in [-0.2, 0) is 17.6 Å². The lowest BCUT2D eigenvalue weighted by atomic mass is 9.87. The fourth-order valence-electron chi connectivity index (χ4n) is 5.13. The number of fused-ring (bicyclic) bond motifs is 2. The number of aromatic nitrogens is 2. The molecule has 0 saturated carbocycles. The topological polar surface area (TPSA) is 76.0 Å². The van der Waals surface area contributed by atoms with Gasteiger partial charge in [-0.3, -0.25) is 14.3 Å². The van der Waals surface area contributed by atoms with Crippen LogP contribution >= 0.6 is 0 Å². The summed E-state index contributed by atoms with van der Waals surface area (Å²) < 4.78 is 1.58. The summed E-state index contributed by atoms with van der Waals surface area (Å²) in [5, 5.41) is 10.8. The highest BCUT2D eigenvalue weighted by Crippen LogP contribution is 2.31. The van der Waals surface area contributed by atoms with Gasteiger partial charge in [-0.2, -0.15) is 5.10 Å². The number of carbonyl (C=O) groups excluding carboxylic acids is 2. The second-order valence-corrected chi connectivity index (χ2v) is 9.13. The number of nitrogens with one attached hydrogen (secondary N) is 2. The minimum atomic E-state index is -0.504. The zero-order chi connectivity index (χ0) is 22.8. The first-order valence-corrected chi connectivity index (χ1v) is 11.9. The van der Waals surface area contributed by atoms with E-state index < -0.39 is 6.04 Å². The van der Waals surface area contributed by atoms with Crippen molar-refractivity contribution in [3.63, 3.8) is 0 Å². The van der Waals surface area contributed by atoms with E-state index in [0.29, 0.717) is 5.69 Å². The van der Waals surface area contributed by atoms with E-state index in [2.05, 4.69) is 40.0 Å². The molecule has 3 unspecified atom stereocenters. The molecule has 0 fully saturated rings. The van der Waals surface area contributed by atoms with Crippen LogP contribution in [-0.4, -0.2) is 21.6 Å². The molecule has 0 saturated heterocycles. The third-order valence-electron chi connectivity index (χ3n) is 6.98. The summed E-state index contributed by atoms with van der Waals surface area (Å²) in [5.41, 5.74) is 5.34. The standard InChI is InChI=1S/C27H30N4O2/c1-18(26(32)28-23-14-6-10-19-8-2-4-12-21(19)23)31-17-16-25(30-31)27(33)29-24-15-7-11-20-9-3-5-13-22(20)24/h2-5,8-9,12-13,16-18,23-24H,6-7,10-11,14-15H2,1H3,(H,28,32)(H,29,33). The number of amides is 2. The number of aryl methyl sites for hydroxylation is 2. The summed E-state index contributed by atoms with van der Waals surface area (Å²) in [6, 6.07) is 17.8. The van der Waals surface area contributed by atoms with Crippen LogP contribution in [0.25, 0.3) is 0 Å². The van der Waals surface area contributed by atoms with Gasteiger partial charge in [-0.05, 0) is 73.8 Å². The van der Waals surface area contributed by atoms with Crippen LogP contribution in [0, 0.1) is 0 Å². The summed E-state index contributed by atoms with van der Waals surface area (Å²) in [6.45, 7) is 1.82. The lowest BCUT2D eigenvalue weighted by Gasteiger charge is -2.27. The van der Waals surface area contributed by atoms with Crippen molar-refractivity contribution in [3.8, 4) is 0 Å². The van der Waals surface area contributed by atoms with Crippen LogP contribution in [0.4, 0.5) is 0 Å². The molecule has 1 aromatic heterocycles. The van der Waals surface area contributed by atoms with Crippen molar-refractivity contribution < 1.29 is 9.59 Å². The van der Waals surface area contributed by atoms with Crippen LogP contribution in [0.2, 0.25) is 0 Å². The molecule has 5 rings (SSSR count).